The zero-order chi connectivity index (χ0) is 19.7. The molecule has 0 unspecified atom stereocenters. The van der Waals surface area contributed by atoms with Gasteiger partial charge in [0.1, 0.15) is 27.4 Å². The SMILES string of the molecule is COc1ccc(Cc2nc(NC3CCC3)c3c(C)c(C#N)sc3n2)cc1OC. The van der Waals surface area contributed by atoms with Gasteiger partial charge in [0, 0.05) is 12.5 Å². The molecule has 0 spiro atoms. The topological polar surface area (TPSA) is 80.1 Å². The molecule has 0 aliphatic heterocycles. The summed E-state index contributed by atoms with van der Waals surface area (Å²) in [5.41, 5.74) is 2.00. The molecule has 144 valence electrons. The van der Waals surface area contributed by atoms with Gasteiger partial charge in [-0.2, -0.15) is 5.26 Å². The van der Waals surface area contributed by atoms with E-state index in [1.807, 2.05) is 25.1 Å². The number of rotatable bonds is 6. The van der Waals surface area contributed by atoms with Crippen LogP contribution in [0.3, 0.4) is 0 Å². The van der Waals surface area contributed by atoms with Gasteiger partial charge >= 0.3 is 0 Å². The molecule has 7 heteroatoms. The lowest BCUT2D eigenvalue weighted by atomic mass is 9.93. The normalized spacial score (nSPS) is 13.8. The molecule has 0 bridgehead atoms. The largest absolute Gasteiger partial charge is 0.493 e. The summed E-state index contributed by atoms with van der Waals surface area (Å²) in [5, 5.41) is 14.0. The first-order chi connectivity index (χ1) is 13.6. The summed E-state index contributed by atoms with van der Waals surface area (Å²) in [6.07, 6.45) is 4.14. The highest BCUT2D eigenvalue weighted by molar-refractivity contribution is 7.19. The second-order valence-electron chi connectivity index (χ2n) is 6.97. The predicted octanol–water partition coefficient (Wildman–Crippen LogP) is 4.44. The van der Waals surface area contributed by atoms with Crippen molar-refractivity contribution in [2.24, 2.45) is 0 Å². The Morgan fingerprint density at radius 2 is 2.00 bits per heavy atom. The maximum Gasteiger partial charge on any atom is 0.161 e. The summed E-state index contributed by atoms with van der Waals surface area (Å²) < 4.78 is 10.7. The lowest BCUT2D eigenvalue weighted by Gasteiger charge is -2.27. The average molecular weight is 395 g/mol. The molecule has 0 saturated heterocycles. The van der Waals surface area contributed by atoms with Crippen molar-refractivity contribution in [3.05, 3.63) is 40.0 Å². The molecule has 2 aromatic heterocycles. The number of thiophene rings is 1. The number of hydrogen-bond donors (Lipinski definition) is 1. The Morgan fingerprint density at radius 1 is 1.21 bits per heavy atom. The minimum atomic E-state index is 0.455. The van der Waals surface area contributed by atoms with Crippen LogP contribution in [0.5, 0.6) is 11.5 Å². The van der Waals surface area contributed by atoms with Crippen LogP contribution in [-0.4, -0.2) is 30.2 Å². The van der Waals surface area contributed by atoms with Crippen LogP contribution in [0.4, 0.5) is 5.82 Å². The van der Waals surface area contributed by atoms with Crippen molar-refractivity contribution in [2.75, 3.05) is 19.5 Å². The van der Waals surface area contributed by atoms with Gasteiger partial charge < -0.3 is 14.8 Å². The second-order valence-corrected chi connectivity index (χ2v) is 7.97. The lowest BCUT2D eigenvalue weighted by Crippen LogP contribution is -2.27. The van der Waals surface area contributed by atoms with E-state index in [0.29, 0.717) is 28.8 Å². The summed E-state index contributed by atoms with van der Waals surface area (Å²) in [7, 11) is 3.25. The summed E-state index contributed by atoms with van der Waals surface area (Å²) in [5.74, 6) is 2.96. The molecule has 28 heavy (non-hydrogen) atoms. The van der Waals surface area contributed by atoms with Crippen molar-refractivity contribution in [1.29, 1.82) is 5.26 Å². The molecule has 1 aliphatic rings. The fraction of sp³-hybridized carbons (Fsp3) is 0.381. The molecule has 2 heterocycles. The van der Waals surface area contributed by atoms with Crippen molar-refractivity contribution in [2.45, 2.75) is 38.6 Å². The Hall–Kier alpha value is -2.85. The quantitative estimate of drug-likeness (QED) is 0.666. The lowest BCUT2D eigenvalue weighted by molar-refractivity contribution is 0.354. The number of anilines is 1. The number of aryl methyl sites for hydroxylation is 1. The maximum atomic E-state index is 9.43. The molecule has 1 N–H and O–H groups in total. The summed E-state index contributed by atoms with van der Waals surface area (Å²) >= 11 is 1.43. The fourth-order valence-corrected chi connectivity index (χ4v) is 4.39. The Kier molecular flexibility index (Phi) is 5.05. The number of nitriles is 1. The van der Waals surface area contributed by atoms with Crippen LogP contribution < -0.4 is 14.8 Å². The summed E-state index contributed by atoms with van der Waals surface area (Å²) in [6, 6.07) is 8.57. The van der Waals surface area contributed by atoms with Gasteiger partial charge in [0.25, 0.3) is 0 Å². The van der Waals surface area contributed by atoms with E-state index in [0.717, 1.165) is 45.8 Å². The molecule has 3 aromatic rings. The second kappa shape index (κ2) is 7.64. The van der Waals surface area contributed by atoms with Gasteiger partial charge in [0.2, 0.25) is 0 Å². The molecule has 4 rings (SSSR count). The van der Waals surface area contributed by atoms with E-state index in [-0.39, 0.29) is 0 Å². The maximum absolute atomic E-state index is 9.43. The van der Waals surface area contributed by atoms with Gasteiger partial charge in [-0.15, -0.1) is 11.3 Å². The van der Waals surface area contributed by atoms with Gasteiger partial charge in [-0.05, 0) is 49.4 Å². The van der Waals surface area contributed by atoms with E-state index in [4.69, 9.17) is 19.4 Å². The molecule has 0 amide bonds. The van der Waals surface area contributed by atoms with Crippen molar-refractivity contribution in [1.82, 2.24) is 9.97 Å². The average Bonchev–Trinajstić information content (AvgIpc) is 3.00. The third-order valence-corrected chi connectivity index (χ3v) is 6.28. The standard InChI is InChI=1S/C21H22N4O2S/c1-12-17(11-22)28-21-19(12)20(23-14-5-4-6-14)24-18(25-21)10-13-7-8-15(26-2)16(9-13)27-3/h7-9,14H,4-6,10H2,1-3H3,(H,23,24,25). The first-order valence-corrected chi connectivity index (χ1v) is 10.1. The van der Waals surface area contributed by atoms with E-state index in [9.17, 15) is 5.26 Å². The zero-order valence-corrected chi connectivity index (χ0v) is 17.0. The van der Waals surface area contributed by atoms with Crippen molar-refractivity contribution >= 4 is 27.4 Å². The molecular weight excluding hydrogens is 372 g/mol. The van der Waals surface area contributed by atoms with Gasteiger partial charge in [-0.25, -0.2) is 9.97 Å². The van der Waals surface area contributed by atoms with E-state index in [1.54, 1.807) is 14.2 Å². The number of nitrogens with one attached hydrogen (secondary N) is 1. The molecule has 1 saturated carbocycles. The molecule has 0 radical (unpaired) electrons. The van der Waals surface area contributed by atoms with Crippen LogP contribution in [0.1, 0.15) is 41.1 Å². The Labute approximate surface area is 168 Å². The van der Waals surface area contributed by atoms with Crippen LogP contribution >= 0.6 is 11.3 Å². The Bertz CT molecular complexity index is 1070. The van der Waals surface area contributed by atoms with Gasteiger partial charge in [-0.3, -0.25) is 0 Å². The van der Waals surface area contributed by atoms with Crippen molar-refractivity contribution in [3.63, 3.8) is 0 Å². The van der Waals surface area contributed by atoms with Gasteiger partial charge in [-0.1, -0.05) is 6.07 Å². The number of fused-ring (bicyclic) bond motifs is 1. The third kappa shape index (κ3) is 3.36. The van der Waals surface area contributed by atoms with Crippen LogP contribution in [0.2, 0.25) is 0 Å². The van der Waals surface area contributed by atoms with E-state index >= 15 is 0 Å². The Balaban J connectivity index is 1.74. The Morgan fingerprint density at radius 3 is 2.64 bits per heavy atom. The van der Waals surface area contributed by atoms with Crippen molar-refractivity contribution < 1.29 is 9.47 Å². The predicted molar refractivity (Wildman–Crippen MR) is 110 cm³/mol. The zero-order valence-electron chi connectivity index (χ0n) is 16.2. The highest BCUT2D eigenvalue weighted by atomic mass is 32.1. The molecule has 1 aromatic carbocycles. The van der Waals surface area contributed by atoms with Crippen LogP contribution in [0.15, 0.2) is 18.2 Å². The van der Waals surface area contributed by atoms with E-state index in [2.05, 4.69) is 11.4 Å². The molecule has 0 atom stereocenters. The number of ether oxygens (including phenoxy) is 2. The van der Waals surface area contributed by atoms with E-state index < -0.39 is 0 Å². The number of hydrogen-bond acceptors (Lipinski definition) is 7. The van der Waals surface area contributed by atoms with Gasteiger partial charge in [0.15, 0.2) is 11.5 Å². The molecule has 1 aliphatic carbocycles. The molecule has 1 fully saturated rings. The van der Waals surface area contributed by atoms with Gasteiger partial charge in [0.05, 0.1) is 19.6 Å². The van der Waals surface area contributed by atoms with Crippen LogP contribution in [0, 0.1) is 18.3 Å². The molecule has 6 nitrogen and oxygen atoms in total. The minimum absolute atomic E-state index is 0.455. The first kappa shape index (κ1) is 18.5. The number of nitrogens with zero attached hydrogens (tertiary/aromatic N) is 3. The minimum Gasteiger partial charge on any atom is -0.493 e. The van der Waals surface area contributed by atoms with E-state index in [1.165, 1.54) is 17.8 Å². The molecular formula is C21H22N4O2S. The number of aromatic nitrogens is 2. The number of benzene rings is 1. The van der Waals surface area contributed by atoms with Crippen LogP contribution in [-0.2, 0) is 6.42 Å². The third-order valence-electron chi connectivity index (χ3n) is 5.19. The number of methoxy groups -OCH3 is 2. The smallest absolute Gasteiger partial charge is 0.161 e. The summed E-state index contributed by atoms with van der Waals surface area (Å²) in [6.45, 7) is 1.97. The van der Waals surface area contributed by atoms with Crippen molar-refractivity contribution in [3.8, 4) is 17.6 Å². The van der Waals surface area contributed by atoms with Crippen LogP contribution in [0.25, 0.3) is 10.2 Å². The summed E-state index contributed by atoms with van der Waals surface area (Å²) in [4.78, 5) is 11.1. The fourth-order valence-electron chi connectivity index (χ4n) is 3.39. The highest BCUT2D eigenvalue weighted by Crippen LogP contribution is 2.36. The monoisotopic (exact) mass is 394 g/mol. The first-order valence-electron chi connectivity index (χ1n) is 9.30. The highest BCUT2D eigenvalue weighted by Gasteiger charge is 2.22.